The first-order valence-electron chi connectivity index (χ1n) is 21.6. The van der Waals surface area contributed by atoms with Crippen LogP contribution in [0.1, 0.15) is 213 Å². The standard InChI is InChI=1S/C43H83NO5/c1-4-7-10-11-12-16-23-38-48-41(46)28-19-14-13-15-21-34-44(36-37-45)35-22-20-30-43(32-33-43)31-29-42(47)49-39-24-27-40(25-17-8-5-2)26-18-9-6-3/h40,45H,4-39H2,1-3H3. The lowest BCUT2D eigenvalue weighted by Crippen LogP contribution is -2.29. The molecule has 6 nitrogen and oxygen atoms in total. The van der Waals surface area contributed by atoms with Crippen LogP contribution in [-0.2, 0) is 19.1 Å². The van der Waals surface area contributed by atoms with E-state index in [1.807, 2.05) is 0 Å². The van der Waals surface area contributed by atoms with E-state index in [1.165, 1.54) is 128 Å². The van der Waals surface area contributed by atoms with Gasteiger partial charge >= 0.3 is 11.9 Å². The van der Waals surface area contributed by atoms with Gasteiger partial charge in [-0.05, 0) is 88.6 Å². The van der Waals surface area contributed by atoms with Crippen molar-refractivity contribution in [3.63, 3.8) is 0 Å². The Morgan fingerprint density at radius 1 is 0.551 bits per heavy atom. The fourth-order valence-electron chi connectivity index (χ4n) is 7.36. The summed E-state index contributed by atoms with van der Waals surface area (Å²) in [5.74, 6) is 0.781. The number of carbonyl (C=O) groups is 2. The molecule has 1 fully saturated rings. The van der Waals surface area contributed by atoms with Gasteiger partial charge in [-0.1, -0.05) is 136 Å². The fraction of sp³-hybridized carbons (Fsp3) is 0.953. The number of nitrogens with zero attached hydrogens (tertiary/aromatic N) is 1. The van der Waals surface area contributed by atoms with Crippen molar-refractivity contribution in [3.8, 4) is 0 Å². The van der Waals surface area contributed by atoms with Gasteiger partial charge < -0.3 is 19.5 Å². The van der Waals surface area contributed by atoms with Gasteiger partial charge in [0.05, 0.1) is 19.8 Å². The van der Waals surface area contributed by atoms with Crippen molar-refractivity contribution in [2.45, 2.75) is 213 Å². The maximum atomic E-state index is 12.5. The SMILES string of the molecule is CCCCCCCCCOC(=O)CCCCCCCN(CCO)CCCCC1(CCC(=O)OCCCC(CCCCC)CCCCC)CC1. The summed E-state index contributed by atoms with van der Waals surface area (Å²) in [6, 6.07) is 0. The zero-order valence-corrected chi connectivity index (χ0v) is 33.1. The molecule has 0 aromatic carbocycles. The lowest BCUT2D eigenvalue weighted by atomic mass is 9.91. The van der Waals surface area contributed by atoms with Gasteiger partial charge in [-0.25, -0.2) is 0 Å². The Morgan fingerprint density at radius 3 is 1.65 bits per heavy atom. The highest BCUT2D eigenvalue weighted by Crippen LogP contribution is 2.53. The molecule has 6 heteroatoms. The normalized spacial score (nSPS) is 13.8. The zero-order chi connectivity index (χ0) is 35.7. The van der Waals surface area contributed by atoms with Gasteiger partial charge in [0.1, 0.15) is 0 Å². The molecule has 0 saturated heterocycles. The number of ether oxygens (including phenoxy) is 2. The zero-order valence-electron chi connectivity index (χ0n) is 33.1. The van der Waals surface area contributed by atoms with Crippen molar-refractivity contribution in [3.05, 3.63) is 0 Å². The number of carbonyl (C=O) groups excluding carboxylic acids is 2. The van der Waals surface area contributed by atoms with Gasteiger partial charge in [0.2, 0.25) is 0 Å². The van der Waals surface area contributed by atoms with Gasteiger partial charge in [0.25, 0.3) is 0 Å². The van der Waals surface area contributed by atoms with Crippen LogP contribution in [0.5, 0.6) is 0 Å². The van der Waals surface area contributed by atoms with Gasteiger partial charge in [-0.15, -0.1) is 0 Å². The minimum absolute atomic E-state index is 0.00708. The molecule has 0 unspecified atom stereocenters. The highest BCUT2D eigenvalue weighted by atomic mass is 16.5. The molecule has 1 aliphatic rings. The third-order valence-electron chi connectivity index (χ3n) is 11.0. The molecule has 0 radical (unpaired) electrons. The van der Waals surface area contributed by atoms with E-state index in [0.717, 1.165) is 76.9 Å². The predicted octanol–water partition coefficient (Wildman–Crippen LogP) is 11.7. The number of unbranched alkanes of at least 4 members (excludes halogenated alkanes) is 15. The van der Waals surface area contributed by atoms with E-state index in [-0.39, 0.29) is 18.5 Å². The molecule has 290 valence electrons. The molecule has 1 aliphatic carbocycles. The van der Waals surface area contributed by atoms with Crippen LogP contribution in [0.4, 0.5) is 0 Å². The molecule has 1 rings (SSSR count). The second kappa shape index (κ2) is 32.7. The minimum atomic E-state index is -0.0297. The second-order valence-corrected chi connectivity index (χ2v) is 15.6. The highest BCUT2D eigenvalue weighted by molar-refractivity contribution is 5.69. The van der Waals surface area contributed by atoms with Crippen molar-refractivity contribution in [2.75, 3.05) is 39.5 Å². The number of aliphatic hydroxyl groups excluding tert-OH is 1. The summed E-state index contributed by atoms with van der Waals surface area (Å²) in [5.41, 5.74) is 0.380. The summed E-state index contributed by atoms with van der Waals surface area (Å²) in [4.78, 5) is 26.9. The van der Waals surface area contributed by atoms with Crippen molar-refractivity contribution >= 4 is 11.9 Å². The van der Waals surface area contributed by atoms with Gasteiger partial charge in [0.15, 0.2) is 0 Å². The Balaban J connectivity index is 2.07. The predicted molar refractivity (Wildman–Crippen MR) is 207 cm³/mol. The Morgan fingerprint density at radius 2 is 1.04 bits per heavy atom. The molecule has 0 heterocycles. The number of rotatable bonds is 38. The van der Waals surface area contributed by atoms with E-state index >= 15 is 0 Å². The lowest BCUT2D eigenvalue weighted by Gasteiger charge is -2.22. The first-order chi connectivity index (χ1) is 24.0. The van der Waals surface area contributed by atoms with E-state index in [9.17, 15) is 14.7 Å². The molecular formula is C43H83NO5. The summed E-state index contributed by atoms with van der Waals surface area (Å²) < 4.78 is 11.1. The fourth-order valence-corrected chi connectivity index (χ4v) is 7.36. The number of esters is 2. The molecule has 1 N–H and O–H groups in total. The third-order valence-corrected chi connectivity index (χ3v) is 11.0. The highest BCUT2D eigenvalue weighted by Gasteiger charge is 2.41. The van der Waals surface area contributed by atoms with Crippen LogP contribution >= 0.6 is 0 Å². The summed E-state index contributed by atoms with van der Waals surface area (Å²) in [7, 11) is 0. The molecule has 49 heavy (non-hydrogen) atoms. The summed E-state index contributed by atoms with van der Waals surface area (Å²) in [5, 5.41) is 9.58. The molecule has 0 aliphatic heterocycles. The van der Waals surface area contributed by atoms with E-state index < -0.39 is 0 Å². The van der Waals surface area contributed by atoms with Gasteiger partial charge in [-0.2, -0.15) is 0 Å². The van der Waals surface area contributed by atoms with Crippen molar-refractivity contribution in [1.82, 2.24) is 4.90 Å². The molecule has 0 aromatic heterocycles. The van der Waals surface area contributed by atoms with Crippen molar-refractivity contribution < 1.29 is 24.2 Å². The molecule has 0 atom stereocenters. The summed E-state index contributed by atoms with van der Waals surface area (Å²) >= 11 is 0. The summed E-state index contributed by atoms with van der Waals surface area (Å²) in [6.07, 6.45) is 35.2. The van der Waals surface area contributed by atoms with Crippen molar-refractivity contribution in [2.24, 2.45) is 11.3 Å². The molecule has 0 aromatic rings. The maximum Gasteiger partial charge on any atom is 0.305 e. The molecule has 0 amide bonds. The van der Waals surface area contributed by atoms with E-state index in [4.69, 9.17) is 9.47 Å². The molecular weight excluding hydrogens is 610 g/mol. The number of hydrogen-bond acceptors (Lipinski definition) is 6. The largest absolute Gasteiger partial charge is 0.466 e. The van der Waals surface area contributed by atoms with Crippen LogP contribution in [0, 0.1) is 11.3 Å². The molecule has 1 saturated carbocycles. The third kappa shape index (κ3) is 28.2. The van der Waals surface area contributed by atoms with Crippen LogP contribution < -0.4 is 0 Å². The van der Waals surface area contributed by atoms with Crippen LogP contribution in [-0.4, -0.2) is 61.4 Å². The average molecular weight is 694 g/mol. The summed E-state index contributed by atoms with van der Waals surface area (Å²) in [6.45, 7) is 11.0. The van der Waals surface area contributed by atoms with Crippen LogP contribution in [0.3, 0.4) is 0 Å². The molecule has 0 spiro atoms. The van der Waals surface area contributed by atoms with E-state index in [2.05, 4.69) is 25.7 Å². The smallest absolute Gasteiger partial charge is 0.305 e. The van der Waals surface area contributed by atoms with Gasteiger partial charge in [-0.3, -0.25) is 9.59 Å². The van der Waals surface area contributed by atoms with E-state index in [1.54, 1.807) is 0 Å². The Kier molecular flexibility index (Phi) is 30.7. The van der Waals surface area contributed by atoms with Crippen LogP contribution in [0.15, 0.2) is 0 Å². The minimum Gasteiger partial charge on any atom is -0.466 e. The maximum absolute atomic E-state index is 12.5. The number of hydrogen-bond donors (Lipinski definition) is 1. The average Bonchev–Trinajstić information content (AvgIpc) is 3.88. The Bertz CT molecular complexity index is 745. The van der Waals surface area contributed by atoms with Crippen LogP contribution in [0.25, 0.3) is 0 Å². The monoisotopic (exact) mass is 694 g/mol. The quantitative estimate of drug-likeness (QED) is 0.0512. The molecule has 0 bridgehead atoms. The second-order valence-electron chi connectivity index (χ2n) is 15.6. The topological polar surface area (TPSA) is 76.1 Å². The van der Waals surface area contributed by atoms with Crippen LogP contribution in [0.2, 0.25) is 0 Å². The van der Waals surface area contributed by atoms with Gasteiger partial charge in [0, 0.05) is 19.4 Å². The lowest BCUT2D eigenvalue weighted by molar-refractivity contribution is -0.145. The Labute approximate surface area is 304 Å². The van der Waals surface area contributed by atoms with E-state index in [0.29, 0.717) is 31.5 Å². The Hall–Kier alpha value is -1.14. The first-order valence-corrected chi connectivity index (χ1v) is 21.6. The van der Waals surface area contributed by atoms with Crippen molar-refractivity contribution in [1.29, 1.82) is 0 Å². The first kappa shape index (κ1) is 45.9. The number of aliphatic hydroxyl groups is 1.